The van der Waals surface area contributed by atoms with Crippen LogP contribution in [-0.2, 0) is 0 Å². The molecule has 0 unspecified atom stereocenters. The van der Waals surface area contributed by atoms with Crippen molar-refractivity contribution < 1.29 is 43.2 Å². The van der Waals surface area contributed by atoms with Crippen LogP contribution in [0, 0.1) is 41.5 Å². The van der Waals surface area contributed by atoms with Gasteiger partial charge in [0.05, 0.1) is 26.9 Å². The smallest absolute Gasteiger partial charge is 0.347 e. The topological polar surface area (TPSA) is 118 Å². The summed E-state index contributed by atoms with van der Waals surface area (Å²) < 4.78 is 27.8. The first-order valence-corrected chi connectivity index (χ1v) is 12.1. The van der Waals surface area contributed by atoms with E-state index in [-0.39, 0.29) is 34.1 Å². The van der Waals surface area contributed by atoms with E-state index in [0.717, 1.165) is 0 Å². The van der Waals surface area contributed by atoms with Crippen molar-refractivity contribution in [3.8, 4) is 28.7 Å². The van der Waals surface area contributed by atoms with Crippen LogP contribution in [0.5, 0.6) is 28.7 Å². The van der Waals surface area contributed by atoms with Crippen molar-refractivity contribution >= 4 is 17.9 Å². The third-order valence-corrected chi connectivity index (χ3v) is 6.89. The molecule has 1 N–H and O–H groups in total. The van der Waals surface area contributed by atoms with E-state index in [9.17, 15) is 19.5 Å². The van der Waals surface area contributed by atoms with Gasteiger partial charge in [-0.2, -0.15) is 0 Å². The van der Waals surface area contributed by atoms with Crippen LogP contribution in [0.3, 0.4) is 0 Å². The van der Waals surface area contributed by atoms with Gasteiger partial charge in [0.25, 0.3) is 0 Å². The van der Waals surface area contributed by atoms with Crippen LogP contribution in [0.1, 0.15) is 64.5 Å². The minimum atomic E-state index is -1.14. The second-order valence-electron chi connectivity index (χ2n) is 9.04. The Morgan fingerprint density at radius 1 is 0.590 bits per heavy atom. The van der Waals surface area contributed by atoms with Crippen molar-refractivity contribution in [2.24, 2.45) is 0 Å². The van der Waals surface area contributed by atoms with Gasteiger partial charge in [-0.1, -0.05) is 6.07 Å². The van der Waals surface area contributed by atoms with E-state index >= 15 is 0 Å². The maximum Gasteiger partial charge on any atom is 0.347 e. The number of hydrogen-bond donors (Lipinski definition) is 1. The molecule has 0 aromatic heterocycles. The van der Waals surface area contributed by atoms with Gasteiger partial charge in [-0.3, -0.25) is 0 Å². The molecule has 0 heterocycles. The summed E-state index contributed by atoms with van der Waals surface area (Å²) in [5.74, 6) is -1.16. The maximum atomic E-state index is 13.6. The van der Waals surface area contributed by atoms with Crippen LogP contribution in [-0.4, -0.2) is 44.3 Å². The molecule has 0 bridgehead atoms. The molecule has 9 heteroatoms. The van der Waals surface area contributed by atoms with E-state index in [1.807, 2.05) is 0 Å². The van der Waals surface area contributed by atoms with Gasteiger partial charge in [0.15, 0.2) is 0 Å². The van der Waals surface area contributed by atoms with Gasteiger partial charge in [0.2, 0.25) is 0 Å². The minimum absolute atomic E-state index is 0.00922. The molecule has 9 nitrogen and oxygen atoms in total. The largest absolute Gasteiger partial charge is 0.497 e. The van der Waals surface area contributed by atoms with Crippen molar-refractivity contribution in [3.05, 3.63) is 74.3 Å². The first kappa shape index (κ1) is 29.0. The Bertz CT molecular complexity index is 1480. The van der Waals surface area contributed by atoms with Crippen molar-refractivity contribution in [2.75, 3.05) is 21.3 Å². The molecule has 206 valence electrons. The summed E-state index contributed by atoms with van der Waals surface area (Å²) in [4.78, 5) is 38.4. The van der Waals surface area contributed by atoms with Gasteiger partial charge in [0, 0.05) is 11.1 Å². The number of benzene rings is 3. The van der Waals surface area contributed by atoms with Gasteiger partial charge in [-0.05, 0) is 82.0 Å². The molecule has 3 rings (SSSR count). The number of carbonyl (C=O) groups excluding carboxylic acids is 2. The molecular weight excluding hydrogens is 504 g/mol. The zero-order valence-corrected chi connectivity index (χ0v) is 23.5. The number of aromatic carboxylic acids is 1. The Balaban J connectivity index is 2.08. The minimum Gasteiger partial charge on any atom is -0.497 e. The molecule has 0 aliphatic carbocycles. The fourth-order valence-corrected chi connectivity index (χ4v) is 4.57. The van der Waals surface area contributed by atoms with Gasteiger partial charge in [0.1, 0.15) is 39.9 Å². The number of hydrogen-bond acceptors (Lipinski definition) is 8. The van der Waals surface area contributed by atoms with Crippen LogP contribution in [0.15, 0.2) is 24.3 Å². The molecular formula is C30H32O9. The summed E-state index contributed by atoms with van der Waals surface area (Å²) in [5, 5.41) is 9.68. The third-order valence-electron chi connectivity index (χ3n) is 6.89. The van der Waals surface area contributed by atoms with E-state index < -0.39 is 17.9 Å². The molecule has 3 aromatic rings. The van der Waals surface area contributed by atoms with E-state index in [1.165, 1.54) is 21.3 Å². The normalized spacial score (nSPS) is 10.6. The van der Waals surface area contributed by atoms with Gasteiger partial charge >= 0.3 is 17.9 Å². The SMILES string of the molecule is COc1cccc(C(=O)Oc2c(C)c(C)c(C(=O)Oc3c(C)c(C)c(C(=O)O)c(OC)c3C)c(OC)c2C)c1. The summed E-state index contributed by atoms with van der Waals surface area (Å²) in [6.45, 7) is 10.1. The molecule has 0 saturated carbocycles. The lowest BCUT2D eigenvalue weighted by Gasteiger charge is -2.22. The monoisotopic (exact) mass is 536 g/mol. The first-order valence-electron chi connectivity index (χ1n) is 12.1. The van der Waals surface area contributed by atoms with E-state index in [2.05, 4.69) is 0 Å². The summed E-state index contributed by atoms with van der Waals surface area (Å²) in [5.41, 5.74) is 3.25. The number of carboxylic acids is 1. The van der Waals surface area contributed by atoms with Gasteiger partial charge < -0.3 is 28.8 Å². The fourth-order valence-electron chi connectivity index (χ4n) is 4.57. The summed E-state index contributed by atoms with van der Waals surface area (Å²) >= 11 is 0. The lowest BCUT2D eigenvalue weighted by Crippen LogP contribution is -2.18. The van der Waals surface area contributed by atoms with Crippen molar-refractivity contribution in [3.63, 3.8) is 0 Å². The van der Waals surface area contributed by atoms with Crippen LogP contribution in [0.4, 0.5) is 0 Å². The van der Waals surface area contributed by atoms with Crippen LogP contribution >= 0.6 is 0 Å². The zero-order valence-electron chi connectivity index (χ0n) is 23.5. The molecule has 0 spiro atoms. The molecule has 0 radical (unpaired) electrons. The number of esters is 2. The number of carbonyl (C=O) groups is 3. The second-order valence-corrected chi connectivity index (χ2v) is 9.04. The standard InChI is InChI=1S/C30H32O9/c1-14-16(3)25(18(5)26(36-8)22(14)28(31)32)39-30(34)23-15(2)17(4)24(19(6)27(23)37-9)38-29(33)20-11-10-12-21(13-20)35-7/h10-13H,1-9H3,(H,31,32). The fraction of sp³-hybridized carbons (Fsp3) is 0.300. The Morgan fingerprint density at radius 3 is 1.56 bits per heavy atom. The van der Waals surface area contributed by atoms with Gasteiger partial charge in [-0.25, -0.2) is 14.4 Å². The zero-order chi connectivity index (χ0) is 29.2. The summed E-state index contributed by atoms with van der Waals surface area (Å²) in [7, 11) is 4.28. The third kappa shape index (κ3) is 5.25. The Labute approximate surface area is 227 Å². The number of carboxylic acid groups (broad SMARTS) is 1. The molecule has 0 aliphatic rings. The lowest BCUT2D eigenvalue weighted by atomic mass is 9.95. The highest BCUT2D eigenvalue weighted by molar-refractivity contribution is 5.99. The average molecular weight is 537 g/mol. The van der Waals surface area contributed by atoms with Crippen LogP contribution in [0.2, 0.25) is 0 Å². The number of rotatable bonds is 8. The Kier molecular flexibility index (Phi) is 8.54. The van der Waals surface area contributed by atoms with Crippen LogP contribution in [0.25, 0.3) is 0 Å². The van der Waals surface area contributed by atoms with Crippen molar-refractivity contribution in [2.45, 2.75) is 41.5 Å². The molecule has 3 aromatic carbocycles. The highest BCUT2D eigenvalue weighted by Gasteiger charge is 2.30. The van der Waals surface area contributed by atoms with Crippen molar-refractivity contribution in [1.29, 1.82) is 0 Å². The molecule has 0 aliphatic heterocycles. The Morgan fingerprint density at radius 2 is 1.08 bits per heavy atom. The van der Waals surface area contributed by atoms with Crippen molar-refractivity contribution in [1.82, 2.24) is 0 Å². The van der Waals surface area contributed by atoms with E-state index in [0.29, 0.717) is 44.7 Å². The van der Waals surface area contributed by atoms with Crippen LogP contribution < -0.4 is 23.7 Å². The second kappa shape index (κ2) is 11.5. The highest BCUT2D eigenvalue weighted by atomic mass is 16.5. The predicted molar refractivity (Wildman–Crippen MR) is 144 cm³/mol. The molecule has 39 heavy (non-hydrogen) atoms. The molecule has 0 fully saturated rings. The molecule has 0 saturated heterocycles. The number of methoxy groups -OCH3 is 3. The lowest BCUT2D eigenvalue weighted by molar-refractivity contribution is 0.0689. The summed E-state index contributed by atoms with van der Waals surface area (Å²) in [6, 6.07) is 6.58. The predicted octanol–water partition coefficient (Wildman–Crippen LogP) is 5.70. The van der Waals surface area contributed by atoms with E-state index in [1.54, 1.807) is 65.8 Å². The maximum absolute atomic E-state index is 13.6. The molecule has 0 amide bonds. The highest BCUT2D eigenvalue weighted by Crippen LogP contribution is 2.41. The van der Waals surface area contributed by atoms with Gasteiger partial charge in [-0.15, -0.1) is 0 Å². The molecule has 0 atom stereocenters. The quantitative estimate of drug-likeness (QED) is 0.286. The van der Waals surface area contributed by atoms with E-state index in [4.69, 9.17) is 23.7 Å². The number of ether oxygens (including phenoxy) is 5. The first-order chi connectivity index (χ1) is 18.4. The Hall–Kier alpha value is -4.53. The summed E-state index contributed by atoms with van der Waals surface area (Å²) in [6.07, 6.45) is 0. The average Bonchev–Trinajstić information content (AvgIpc) is 2.92.